The lowest BCUT2D eigenvalue weighted by Crippen LogP contribution is -2.55. The van der Waals surface area contributed by atoms with Crippen LogP contribution in [0.15, 0.2) is 0 Å². The van der Waals surface area contributed by atoms with Crippen molar-refractivity contribution in [2.75, 3.05) is 6.54 Å². The molecule has 1 saturated heterocycles. The van der Waals surface area contributed by atoms with Crippen LogP contribution in [-0.4, -0.2) is 41.7 Å². The van der Waals surface area contributed by atoms with Gasteiger partial charge in [-0.25, -0.2) is 0 Å². The molecule has 6 heteroatoms. The van der Waals surface area contributed by atoms with Crippen molar-refractivity contribution in [1.82, 2.24) is 10.6 Å². The second kappa shape index (κ2) is 5.49. The van der Waals surface area contributed by atoms with E-state index in [1.165, 1.54) is 6.42 Å². The molecule has 0 spiro atoms. The van der Waals surface area contributed by atoms with Gasteiger partial charge >= 0.3 is 0 Å². The molecule has 3 rings (SSSR count). The summed E-state index contributed by atoms with van der Waals surface area (Å²) < 4.78 is 0. The average molecular weight is 309 g/mol. The minimum atomic E-state index is -1.31. The number of aliphatic hydroxyl groups is 1. The van der Waals surface area contributed by atoms with E-state index in [0.717, 1.165) is 19.4 Å². The predicted molar refractivity (Wildman–Crippen MR) is 81.6 cm³/mol. The van der Waals surface area contributed by atoms with E-state index < -0.39 is 18.1 Å². The molecule has 0 radical (unpaired) electrons. The molecule has 2 aliphatic carbocycles. The Balaban J connectivity index is 1.62. The molecule has 1 aliphatic heterocycles. The average Bonchev–Trinajstić information content (AvgIpc) is 2.77. The Morgan fingerprint density at radius 1 is 1.41 bits per heavy atom. The summed E-state index contributed by atoms with van der Waals surface area (Å²) in [5.41, 5.74) is 5.43. The zero-order valence-corrected chi connectivity index (χ0v) is 13.3. The highest BCUT2D eigenvalue weighted by Gasteiger charge is 2.65. The molecule has 124 valence electrons. The summed E-state index contributed by atoms with van der Waals surface area (Å²) >= 11 is 0. The van der Waals surface area contributed by atoms with Gasteiger partial charge < -0.3 is 21.5 Å². The number of hydrogen-bond acceptors (Lipinski definition) is 4. The fourth-order valence-corrected chi connectivity index (χ4v) is 4.30. The fourth-order valence-electron chi connectivity index (χ4n) is 4.30. The summed E-state index contributed by atoms with van der Waals surface area (Å²) in [6, 6.07) is -0.790. The lowest BCUT2D eigenvalue weighted by molar-refractivity contribution is -0.130. The Kier molecular flexibility index (Phi) is 3.93. The van der Waals surface area contributed by atoms with Crippen LogP contribution in [0.4, 0.5) is 0 Å². The van der Waals surface area contributed by atoms with Gasteiger partial charge in [-0.3, -0.25) is 9.59 Å². The molecule has 4 unspecified atom stereocenters. The van der Waals surface area contributed by atoms with Gasteiger partial charge in [0, 0.05) is 0 Å². The number of rotatable bonds is 6. The van der Waals surface area contributed by atoms with Crippen LogP contribution >= 0.6 is 0 Å². The molecule has 3 aliphatic rings. The summed E-state index contributed by atoms with van der Waals surface area (Å²) in [6.07, 6.45) is 2.68. The maximum atomic E-state index is 12.6. The van der Waals surface area contributed by atoms with Gasteiger partial charge in [0.2, 0.25) is 11.8 Å². The van der Waals surface area contributed by atoms with Crippen LogP contribution < -0.4 is 16.4 Å². The molecule has 5 N–H and O–H groups in total. The number of carbonyl (C=O) groups excluding carboxylic acids is 2. The molecule has 2 saturated carbocycles. The lowest BCUT2D eigenvalue weighted by Gasteiger charge is -2.32. The van der Waals surface area contributed by atoms with E-state index >= 15 is 0 Å². The number of carbonyl (C=O) groups is 2. The molecule has 3 fully saturated rings. The third kappa shape index (κ3) is 2.63. The molecule has 1 heterocycles. The predicted octanol–water partition coefficient (Wildman–Crippen LogP) is -0.248. The van der Waals surface area contributed by atoms with Gasteiger partial charge in [-0.05, 0) is 36.1 Å². The minimum absolute atomic E-state index is 0.109. The van der Waals surface area contributed by atoms with Crippen molar-refractivity contribution in [3.8, 4) is 0 Å². The van der Waals surface area contributed by atoms with Crippen molar-refractivity contribution in [1.29, 1.82) is 0 Å². The number of piperidine rings is 1. The molecule has 22 heavy (non-hydrogen) atoms. The van der Waals surface area contributed by atoms with Gasteiger partial charge in [0.15, 0.2) is 6.10 Å². The Morgan fingerprint density at radius 2 is 2.09 bits per heavy atom. The van der Waals surface area contributed by atoms with E-state index in [1.807, 2.05) is 0 Å². The highest BCUT2D eigenvalue weighted by molar-refractivity contribution is 5.85. The normalized spacial score (nSPS) is 35.1. The van der Waals surface area contributed by atoms with Crippen LogP contribution in [0, 0.1) is 23.2 Å². The van der Waals surface area contributed by atoms with Gasteiger partial charge in [0.05, 0.1) is 12.1 Å². The van der Waals surface area contributed by atoms with E-state index in [2.05, 4.69) is 24.5 Å². The lowest BCUT2D eigenvalue weighted by atomic mass is 9.79. The Bertz CT molecular complexity index is 475. The van der Waals surface area contributed by atoms with Crippen LogP contribution in [0.5, 0.6) is 0 Å². The number of aliphatic hydroxyl groups excluding tert-OH is 1. The molecular weight excluding hydrogens is 282 g/mol. The summed E-state index contributed by atoms with van der Waals surface area (Å²) in [7, 11) is 0. The maximum absolute atomic E-state index is 12.6. The van der Waals surface area contributed by atoms with Gasteiger partial charge in [-0.2, -0.15) is 0 Å². The van der Waals surface area contributed by atoms with Crippen LogP contribution in [0.1, 0.15) is 39.5 Å². The summed E-state index contributed by atoms with van der Waals surface area (Å²) in [6.45, 7) is 5.24. The molecule has 0 aromatic carbocycles. The summed E-state index contributed by atoms with van der Waals surface area (Å²) in [4.78, 5) is 23.9. The Labute approximate surface area is 131 Å². The fraction of sp³-hybridized carbons (Fsp3) is 0.875. The molecule has 5 atom stereocenters. The van der Waals surface area contributed by atoms with Crippen LogP contribution in [0.2, 0.25) is 0 Å². The second-order valence-corrected chi connectivity index (χ2v) is 7.83. The van der Waals surface area contributed by atoms with Gasteiger partial charge in [0.25, 0.3) is 0 Å². The number of nitrogens with two attached hydrogens (primary N) is 1. The maximum Gasteiger partial charge on any atom is 0.248 e. The van der Waals surface area contributed by atoms with Crippen molar-refractivity contribution in [2.24, 2.45) is 28.9 Å². The first-order valence-corrected chi connectivity index (χ1v) is 8.33. The quantitative estimate of drug-likeness (QED) is 0.543. The second-order valence-electron chi connectivity index (χ2n) is 7.83. The zero-order valence-electron chi connectivity index (χ0n) is 13.3. The van der Waals surface area contributed by atoms with E-state index in [9.17, 15) is 14.7 Å². The highest BCUT2D eigenvalue weighted by atomic mass is 16.3. The van der Waals surface area contributed by atoms with Crippen molar-refractivity contribution in [3.63, 3.8) is 0 Å². The summed E-state index contributed by atoms with van der Waals surface area (Å²) in [5, 5.41) is 16.2. The van der Waals surface area contributed by atoms with Gasteiger partial charge in [0.1, 0.15) is 0 Å². The van der Waals surface area contributed by atoms with Crippen molar-refractivity contribution < 1.29 is 14.7 Å². The zero-order chi connectivity index (χ0) is 16.1. The minimum Gasteiger partial charge on any atom is -0.381 e. The van der Waals surface area contributed by atoms with E-state index in [1.54, 1.807) is 0 Å². The standard InChI is InChI=1S/C16H27N3O3/c1-16(2)9-7-18-12(11(9)16)15(22)19-10(13(20)14(17)21)6-8-4-3-5-8/h8-13,18,20H,3-7H2,1-2H3,(H2,17,21)(H,19,22)/t9?,10?,11-,12?,13?/m0/s1. The van der Waals surface area contributed by atoms with Crippen LogP contribution in [0.25, 0.3) is 0 Å². The Hall–Kier alpha value is -1.14. The van der Waals surface area contributed by atoms with Crippen LogP contribution in [-0.2, 0) is 9.59 Å². The topological polar surface area (TPSA) is 104 Å². The number of hydrogen-bond donors (Lipinski definition) is 4. The molecule has 0 aromatic heterocycles. The van der Waals surface area contributed by atoms with Crippen molar-refractivity contribution in [2.45, 2.75) is 57.7 Å². The number of fused-ring (bicyclic) bond motifs is 1. The van der Waals surface area contributed by atoms with Gasteiger partial charge in [-0.1, -0.05) is 33.1 Å². The number of primary amides is 1. The molecule has 0 aromatic rings. The summed E-state index contributed by atoms with van der Waals surface area (Å²) in [5.74, 6) is 0.495. The SMILES string of the molecule is CC1(C)C2CNC(C(=O)NC(CC3CCC3)C(O)C(N)=O)[C@H]21. The smallest absolute Gasteiger partial charge is 0.248 e. The molecule has 6 nitrogen and oxygen atoms in total. The van der Waals surface area contributed by atoms with E-state index in [0.29, 0.717) is 24.2 Å². The molecular formula is C16H27N3O3. The van der Waals surface area contributed by atoms with E-state index in [-0.39, 0.29) is 17.4 Å². The van der Waals surface area contributed by atoms with Crippen molar-refractivity contribution >= 4 is 11.8 Å². The largest absolute Gasteiger partial charge is 0.381 e. The third-order valence-electron chi connectivity index (χ3n) is 6.15. The highest BCUT2D eigenvalue weighted by Crippen LogP contribution is 2.62. The molecule has 2 amide bonds. The first kappa shape index (κ1) is 15.7. The monoisotopic (exact) mass is 309 g/mol. The first-order chi connectivity index (χ1) is 10.3. The van der Waals surface area contributed by atoms with Crippen LogP contribution in [0.3, 0.4) is 0 Å². The first-order valence-electron chi connectivity index (χ1n) is 8.33. The van der Waals surface area contributed by atoms with Gasteiger partial charge in [-0.15, -0.1) is 0 Å². The Morgan fingerprint density at radius 3 is 2.55 bits per heavy atom. The number of amides is 2. The van der Waals surface area contributed by atoms with Crippen molar-refractivity contribution in [3.05, 3.63) is 0 Å². The molecule has 0 bridgehead atoms. The third-order valence-corrected chi connectivity index (χ3v) is 6.15. The number of nitrogens with one attached hydrogen (secondary N) is 2. The van der Waals surface area contributed by atoms with E-state index in [4.69, 9.17) is 5.73 Å².